The summed E-state index contributed by atoms with van der Waals surface area (Å²) in [5, 5.41) is 0.887. The number of rotatable bonds is 3. The number of thiazole rings is 1. The molecule has 0 saturated heterocycles. The van der Waals surface area contributed by atoms with Crippen molar-refractivity contribution >= 4 is 17.6 Å². The third kappa shape index (κ3) is 2.04. The Morgan fingerprint density at radius 2 is 1.94 bits per heavy atom. The second-order valence-corrected chi connectivity index (χ2v) is 5.18. The van der Waals surface area contributed by atoms with Gasteiger partial charge in [-0.1, -0.05) is 0 Å². The average molecular weight is 261 g/mol. The number of carbonyl (C=O) groups is 1. The van der Waals surface area contributed by atoms with Crippen molar-refractivity contribution in [3.05, 3.63) is 33.8 Å². The topological polar surface area (TPSA) is 39.2 Å². The van der Waals surface area contributed by atoms with E-state index in [0.717, 1.165) is 39.4 Å². The molecular weight excluding hydrogens is 246 g/mol. The molecule has 0 N–H and O–H groups in total. The van der Waals surface area contributed by atoms with Crippen LogP contribution >= 0.6 is 11.3 Å². The van der Waals surface area contributed by atoms with E-state index in [1.165, 1.54) is 11.3 Å². The van der Waals surface area contributed by atoms with Crippen LogP contribution in [0.3, 0.4) is 0 Å². The Balaban J connectivity index is 2.57. The van der Waals surface area contributed by atoms with Gasteiger partial charge in [-0.25, -0.2) is 4.98 Å². The van der Waals surface area contributed by atoms with Crippen LogP contribution in [0.5, 0.6) is 5.75 Å². The number of carbonyl (C=O) groups excluding carboxylic acids is 1. The zero-order valence-electron chi connectivity index (χ0n) is 10.9. The van der Waals surface area contributed by atoms with E-state index < -0.39 is 0 Å². The van der Waals surface area contributed by atoms with Crippen LogP contribution in [0.25, 0.3) is 10.6 Å². The number of aromatic nitrogens is 1. The standard InChI is InChI=1S/C14H15NO2S/c1-8-9(2)12(17-4)6-5-11(8)14-15-10(3)13(7-16)18-14/h5-7H,1-4H3. The molecule has 0 radical (unpaired) electrons. The Morgan fingerprint density at radius 1 is 1.22 bits per heavy atom. The fourth-order valence-electron chi connectivity index (χ4n) is 1.88. The Hall–Kier alpha value is -1.68. The zero-order chi connectivity index (χ0) is 13.3. The SMILES string of the molecule is COc1ccc(-c2nc(C)c(C=O)s2)c(C)c1C. The maximum Gasteiger partial charge on any atom is 0.161 e. The number of hydrogen-bond acceptors (Lipinski definition) is 4. The van der Waals surface area contributed by atoms with Crippen LogP contribution in [0.1, 0.15) is 26.5 Å². The molecule has 2 rings (SSSR count). The average Bonchev–Trinajstić information content (AvgIpc) is 2.73. The van der Waals surface area contributed by atoms with Gasteiger partial charge in [-0.05, 0) is 44.0 Å². The van der Waals surface area contributed by atoms with Gasteiger partial charge >= 0.3 is 0 Å². The summed E-state index contributed by atoms with van der Waals surface area (Å²) in [5.41, 5.74) is 4.10. The van der Waals surface area contributed by atoms with Gasteiger partial charge in [-0.3, -0.25) is 4.79 Å². The van der Waals surface area contributed by atoms with Crippen LogP contribution in [0.4, 0.5) is 0 Å². The molecule has 0 saturated carbocycles. The van der Waals surface area contributed by atoms with Crippen LogP contribution < -0.4 is 4.74 Å². The summed E-state index contributed by atoms with van der Waals surface area (Å²) in [6.45, 7) is 5.93. The molecule has 1 aromatic heterocycles. The van der Waals surface area contributed by atoms with Gasteiger partial charge in [0.05, 0.1) is 17.7 Å². The Kier molecular flexibility index (Phi) is 3.48. The molecule has 3 nitrogen and oxygen atoms in total. The fraction of sp³-hybridized carbons (Fsp3) is 0.286. The summed E-state index contributed by atoms with van der Waals surface area (Å²) in [6.07, 6.45) is 0.863. The van der Waals surface area contributed by atoms with E-state index in [1.807, 2.05) is 32.9 Å². The van der Waals surface area contributed by atoms with Gasteiger partial charge in [-0.2, -0.15) is 0 Å². The minimum atomic E-state index is 0.692. The van der Waals surface area contributed by atoms with E-state index in [-0.39, 0.29) is 0 Å². The maximum atomic E-state index is 10.9. The van der Waals surface area contributed by atoms with Gasteiger partial charge < -0.3 is 4.74 Å². The minimum Gasteiger partial charge on any atom is -0.496 e. The molecule has 18 heavy (non-hydrogen) atoms. The molecule has 0 aliphatic heterocycles. The summed E-state index contributed by atoms with van der Waals surface area (Å²) in [6, 6.07) is 3.93. The molecule has 1 aromatic carbocycles. The third-order valence-corrected chi connectivity index (χ3v) is 4.24. The van der Waals surface area contributed by atoms with Crippen molar-refractivity contribution in [2.24, 2.45) is 0 Å². The molecule has 0 aliphatic rings. The summed E-state index contributed by atoms with van der Waals surface area (Å²) in [5.74, 6) is 0.875. The minimum absolute atomic E-state index is 0.692. The van der Waals surface area contributed by atoms with E-state index in [9.17, 15) is 4.79 Å². The molecule has 0 amide bonds. The van der Waals surface area contributed by atoms with Crippen LogP contribution in [-0.2, 0) is 0 Å². The van der Waals surface area contributed by atoms with E-state index in [4.69, 9.17) is 4.74 Å². The lowest BCUT2D eigenvalue weighted by Gasteiger charge is -2.10. The van der Waals surface area contributed by atoms with Crippen LogP contribution in [0.15, 0.2) is 12.1 Å². The highest BCUT2D eigenvalue weighted by atomic mass is 32.1. The van der Waals surface area contributed by atoms with Crippen LogP contribution in [-0.4, -0.2) is 18.4 Å². The molecule has 0 spiro atoms. The van der Waals surface area contributed by atoms with Gasteiger partial charge in [0.2, 0.25) is 0 Å². The second-order valence-electron chi connectivity index (χ2n) is 4.15. The number of nitrogens with zero attached hydrogens (tertiary/aromatic N) is 1. The second kappa shape index (κ2) is 4.90. The smallest absolute Gasteiger partial charge is 0.161 e. The van der Waals surface area contributed by atoms with Gasteiger partial charge in [0.15, 0.2) is 6.29 Å². The monoisotopic (exact) mass is 261 g/mol. The lowest BCUT2D eigenvalue weighted by Crippen LogP contribution is -1.92. The van der Waals surface area contributed by atoms with Crippen LogP contribution in [0.2, 0.25) is 0 Å². The van der Waals surface area contributed by atoms with Gasteiger partial charge in [-0.15, -0.1) is 11.3 Å². The molecule has 0 aliphatic carbocycles. The number of benzene rings is 1. The lowest BCUT2D eigenvalue weighted by molar-refractivity contribution is 0.112. The molecular formula is C14H15NO2S. The zero-order valence-corrected chi connectivity index (χ0v) is 11.7. The van der Waals surface area contributed by atoms with Crippen molar-refractivity contribution < 1.29 is 9.53 Å². The molecule has 0 atom stereocenters. The Bertz CT molecular complexity index is 602. The molecule has 0 bridgehead atoms. The first-order valence-electron chi connectivity index (χ1n) is 5.65. The van der Waals surface area contributed by atoms with Crippen molar-refractivity contribution in [2.75, 3.05) is 7.11 Å². The number of aldehydes is 1. The highest BCUT2D eigenvalue weighted by Crippen LogP contribution is 2.33. The van der Waals surface area contributed by atoms with Crippen molar-refractivity contribution in [1.82, 2.24) is 4.98 Å². The Morgan fingerprint density at radius 3 is 2.50 bits per heavy atom. The molecule has 0 unspecified atom stereocenters. The first kappa shape index (κ1) is 12.8. The summed E-state index contributed by atoms with van der Waals surface area (Å²) < 4.78 is 5.29. The summed E-state index contributed by atoms with van der Waals surface area (Å²) in [7, 11) is 1.67. The molecule has 0 fully saturated rings. The van der Waals surface area contributed by atoms with Crippen molar-refractivity contribution in [3.63, 3.8) is 0 Å². The van der Waals surface area contributed by atoms with E-state index in [2.05, 4.69) is 4.98 Å². The van der Waals surface area contributed by atoms with Crippen LogP contribution in [0, 0.1) is 20.8 Å². The fourth-order valence-corrected chi connectivity index (χ4v) is 2.84. The molecule has 1 heterocycles. The normalized spacial score (nSPS) is 10.4. The molecule has 94 valence electrons. The number of aryl methyl sites for hydroxylation is 1. The number of hydrogen-bond donors (Lipinski definition) is 0. The number of ether oxygens (including phenoxy) is 1. The molecule has 2 aromatic rings. The summed E-state index contributed by atoms with van der Waals surface area (Å²) in [4.78, 5) is 16.0. The predicted octanol–water partition coefficient (Wildman–Crippen LogP) is 3.56. The van der Waals surface area contributed by atoms with Gasteiger partial charge in [0.1, 0.15) is 10.8 Å². The van der Waals surface area contributed by atoms with Gasteiger partial charge in [0, 0.05) is 5.56 Å². The highest BCUT2D eigenvalue weighted by molar-refractivity contribution is 7.16. The quantitative estimate of drug-likeness (QED) is 0.793. The van der Waals surface area contributed by atoms with Gasteiger partial charge in [0.25, 0.3) is 0 Å². The highest BCUT2D eigenvalue weighted by Gasteiger charge is 2.13. The van der Waals surface area contributed by atoms with E-state index in [0.29, 0.717) is 4.88 Å². The molecule has 4 heteroatoms. The largest absolute Gasteiger partial charge is 0.496 e. The third-order valence-electron chi connectivity index (χ3n) is 3.13. The first-order valence-corrected chi connectivity index (χ1v) is 6.47. The van der Waals surface area contributed by atoms with E-state index >= 15 is 0 Å². The van der Waals surface area contributed by atoms with Crippen molar-refractivity contribution in [2.45, 2.75) is 20.8 Å². The van der Waals surface area contributed by atoms with Crippen molar-refractivity contribution in [3.8, 4) is 16.3 Å². The predicted molar refractivity (Wildman–Crippen MR) is 73.7 cm³/mol. The van der Waals surface area contributed by atoms with Crippen molar-refractivity contribution in [1.29, 1.82) is 0 Å². The first-order chi connectivity index (χ1) is 8.58. The van der Waals surface area contributed by atoms with E-state index in [1.54, 1.807) is 7.11 Å². The number of methoxy groups -OCH3 is 1. The maximum absolute atomic E-state index is 10.9. The summed E-state index contributed by atoms with van der Waals surface area (Å²) >= 11 is 1.43. The Labute approximate surface area is 110 Å². The lowest BCUT2D eigenvalue weighted by atomic mass is 10.0.